The van der Waals surface area contributed by atoms with Crippen LogP contribution in [-0.2, 0) is 6.61 Å². The van der Waals surface area contributed by atoms with Crippen molar-refractivity contribution in [2.24, 2.45) is 0 Å². The number of hydrogen-bond donors (Lipinski definition) is 1. The van der Waals surface area contributed by atoms with Crippen molar-refractivity contribution in [3.63, 3.8) is 0 Å². The maximum Gasteiger partial charge on any atom is 0.241 e. The summed E-state index contributed by atoms with van der Waals surface area (Å²) in [5, 5.41) is 8.47. The van der Waals surface area contributed by atoms with Gasteiger partial charge in [0.2, 0.25) is 5.88 Å². The van der Waals surface area contributed by atoms with Crippen LogP contribution in [0.2, 0.25) is 0 Å². The molecule has 4 nitrogen and oxygen atoms in total. The third kappa shape index (κ3) is 4.22. The predicted molar refractivity (Wildman–Crippen MR) is 109 cm³/mol. The minimum atomic E-state index is 0.293. The molecule has 1 aliphatic heterocycles. The number of benzene rings is 2. The summed E-state index contributed by atoms with van der Waals surface area (Å²) in [5.41, 5.74) is 3.33. The van der Waals surface area contributed by atoms with Crippen LogP contribution in [0.3, 0.4) is 0 Å². The first-order valence-electron chi connectivity index (χ1n) is 9.86. The second-order valence-electron chi connectivity index (χ2n) is 7.27. The molecule has 1 aromatic heterocycles. The van der Waals surface area contributed by atoms with E-state index in [1.54, 1.807) is 0 Å². The Morgan fingerprint density at radius 3 is 2.52 bits per heavy atom. The Morgan fingerprint density at radius 1 is 1.07 bits per heavy atom. The number of ether oxygens (including phenoxy) is 1. The maximum absolute atomic E-state index is 6.14. The quantitative estimate of drug-likeness (QED) is 0.683. The Labute approximate surface area is 161 Å². The van der Waals surface area contributed by atoms with Crippen molar-refractivity contribution < 1.29 is 4.74 Å². The van der Waals surface area contributed by atoms with E-state index in [0.717, 1.165) is 23.2 Å². The van der Waals surface area contributed by atoms with Crippen LogP contribution >= 0.6 is 0 Å². The summed E-state index contributed by atoms with van der Waals surface area (Å²) in [7, 11) is 0. The van der Waals surface area contributed by atoms with E-state index in [1.807, 2.05) is 24.3 Å². The molecule has 2 atom stereocenters. The Balaban J connectivity index is 1.60. The van der Waals surface area contributed by atoms with E-state index >= 15 is 0 Å². The highest BCUT2D eigenvalue weighted by atomic mass is 16.5. The van der Waals surface area contributed by atoms with Gasteiger partial charge in [-0.15, -0.1) is 5.10 Å². The topological polar surface area (TPSA) is 39.1 Å². The lowest BCUT2D eigenvalue weighted by molar-refractivity contribution is 0.268. The molecule has 1 saturated heterocycles. The van der Waals surface area contributed by atoms with E-state index in [0.29, 0.717) is 24.6 Å². The van der Waals surface area contributed by atoms with Crippen molar-refractivity contribution in [3.8, 4) is 17.0 Å². The highest BCUT2D eigenvalue weighted by Crippen LogP contribution is 2.31. The second-order valence-corrected chi connectivity index (χ2v) is 7.27. The van der Waals surface area contributed by atoms with Crippen LogP contribution < -0.4 is 10.1 Å². The van der Waals surface area contributed by atoms with Crippen molar-refractivity contribution in [2.75, 3.05) is 6.54 Å². The van der Waals surface area contributed by atoms with Gasteiger partial charge in [0.15, 0.2) is 0 Å². The number of hydrogen-bond acceptors (Lipinski definition) is 3. The molecule has 0 aliphatic carbocycles. The molecule has 140 valence electrons. The average Bonchev–Trinajstić information content (AvgIpc) is 3.18. The molecular weight excluding hydrogens is 334 g/mol. The van der Waals surface area contributed by atoms with Gasteiger partial charge in [-0.3, -0.25) is 4.68 Å². The molecule has 2 heterocycles. The van der Waals surface area contributed by atoms with Crippen LogP contribution in [0.25, 0.3) is 11.1 Å². The number of rotatable bonds is 6. The molecule has 27 heavy (non-hydrogen) atoms. The zero-order valence-electron chi connectivity index (χ0n) is 15.8. The molecule has 1 N–H and O–H groups in total. The first kappa shape index (κ1) is 17.8. The van der Waals surface area contributed by atoms with Crippen LogP contribution in [0.4, 0.5) is 0 Å². The van der Waals surface area contributed by atoms with Crippen molar-refractivity contribution in [1.29, 1.82) is 0 Å². The standard InChI is InChI=1S/C23H27N3O/c1-18(22-14-8-9-15-24-22)26-16-21(20-12-6-3-7-13-20)23(25-26)27-17-19-10-4-2-5-11-19/h2-7,10-13,16,18,22,24H,8-9,14-15,17H2,1H3. The largest absolute Gasteiger partial charge is 0.471 e. The lowest BCUT2D eigenvalue weighted by Gasteiger charge is -2.29. The van der Waals surface area contributed by atoms with Gasteiger partial charge in [-0.1, -0.05) is 67.1 Å². The summed E-state index contributed by atoms with van der Waals surface area (Å²) in [4.78, 5) is 0. The zero-order valence-corrected chi connectivity index (χ0v) is 15.8. The minimum absolute atomic E-state index is 0.293. The van der Waals surface area contributed by atoms with Crippen molar-refractivity contribution in [2.45, 2.75) is 44.9 Å². The molecule has 2 aromatic carbocycles. The molecule has 1 fully saturated rings. The Kier molecular flexibility index (Phi) is 5.54. The second kappa shape index (κ2) is 8.40. The van der Waals surface area contributed by atoms with Gasteiger partial charge in [0.1, 0.15) is 6.61 Å². The van der Waals surface area contributed by atoms with Gasteiger partial charge >= 0.3 is 0 Å². The van der Waals surface area contributed by atoms with E-state index in [4.69, 9.17) is 9.84 Å². The summed E-state index contributed by atoms with van der Waals surface area (Å²) >= 11 is 0. The van der Waals surface area contributed by atoms with Crippen LogP contribution in [0, 0.1) is 0 Å². The smallest absolute Gasteiger partial charge is 0.241 e. The third-order valence-electron chi connectivity index (χ3n) is 5.35. The monoisotopic (exact) mass is 361 g/mol. The van der Waals surface area contributed by atoms with Gasteiger partial charge in [-0.05, 0) is 37.4 Å². The van der Waals surface area contributed by atoms with E-state index in [-0.39, 0.29) is 0 Å². The van der Waals surface area contributed by atoms with Gasteiger partial charge in [0.25, 0.3) is 0 Å². The fourth-order valence-corrected chi connectivity index (χ4v) is 3.71. The molecule has 0 radical (unpaired) electrons. The van der Waals surface area contributed by atoms with Gasteiger partial charge in [0.05, 0.1) is 11.6 Å². The van der Waals surface area contributed by atoms with Crippen molar-refractivity contribution >= 4 is 0 Å². The highest BCUT2D eigenvalue weighted by molar-refractivity contribution is 5.67. The van der Waals surface area contributed by atoms with E-state index < -0.39 is 0 Å². The van der Waals surface area contributed by atoms with Crippen LogP contribution in [0.1, 0.15) is 37.8 Å². The predicted octanol–water partition coefficient (Wildman–Crippen LogP) is 4.83. The van der Waals surface area contributed by atoms with E-state index in [2.05, 4.69) is 59.5 Å². The van der Waals surface area contributed by atoms with Crippen LogP contribution in [-0.4, -0.2) is 22.4 Å². The van der Waals surface area contributed by atoms with Crippen LogP contribution in [0.5, 0.6) is 5.88 Å². The van der Waals surface area contributed by atoms with Gasteiger partial charge < -0.3 is 10.1 Å². The summed E-state index contributed by atoms with van der Waals surface area (Å²) in [5.74, 6) is 0.702. The number of nitrogens with zero attached hydrogens (tertiary/aromatic N) is 2. The first-order chi connectivity index (χ1) is 13.3. The molecule has 1 aliphatic rings. The molecule has 0 spiro atoms. The maximum atomic E-state index is 6.14. The van der Waals surface area contributed by atoms with Gasteiger partial charge in [0, 0.05) is 12.2 Å². The normalized spacial score (nSPS) is 18.2. The molecule has 4 heteroatoms. The summed E-state index contributed by atoms with van der Waals surface area (Å²) < 4.78 is 8.22. The lowest BCUT2D eigenvalue weighted by atomic mass is 9.99. The fraction of sp³-hybridized carbons (Fsp3) is 0.348. The van der Waals surface area contributed by atoms with E-state index in [9.17, 15) is 0 Å². The fourth-order valence-electron chi connectivity index (χ4n) is 3.71. The molecule has 2 unspecified atom stereocenters. The summed E-state index contributed by atoms with van der Waals surface area (Å²) in [6, 6.07) is 21.4. The lowest BCUT2D eigenvalue weighted by Crippen LogP contribution is -2.40. The van der Waals surface area contributed by atoms with Crippen molar-refractivity contribution in [3.05, 3.63) is 72.4 Å². The van der Waals surface area contributed by atoms with Gasteiger partial charge in [-0.2, -0.15) is 0 Å². The SMILES string of the molecule is CC(C1CCCCN1)n1cc(-c2ccccc2)c(OCc2ccccc2)n1. The molecule has 3 aromatic rings. The van der Waals surface area contributed by atoms with Gasteiger partial charge in [-0.25, -0.2) is 0 Å². The Hall–Kier alpha value is -2.59. The highest BCUT2D eigenvalue weighted by Gasteiger charge is 2.23. The number of nitrogens with one attached hydrogen (secondary N) is 1. The Morgan fingerprint density at radius 2 is 1.81 bits per heavy atom. The molecule has 0 bridgehead atoms. The summed E-state index contributed by atoms with van der Waals surface area (Å²) in [6.07, 6.45) is 5.88. The molecular formula is C23H27N3O. The molecule has 0 saturated carbocycles. The average molecular weight is 361 g/mol. The van der Waals surface area contributed by atoms with E-state index in [1.165, 1.54) is 19.3 Å². The Bertz CT molecular complexity index is 839. The first-order valence-corrected chi connectivity index (χ1v) is 9.86. The summed E-state index contributed by atoms with van der Waals surface area (Å²) in [6.45, 7) is 3.86. The van der Waals surface area contributed by atoms with Crippen molar-refractivity contribution in [1.82, 2.24) is 15.1 Å². The molecule has 4 rings (SSSR count). The molecule has 0 amide bonds. The minimum Gasteiger partial charge on any atom is -0.471 e. The zero-order chi connectivity index (χ0) is 18.5. The van der Waals surface area contributed by atoms with Crippen LogP contribution in [0.15, 0.2) is 66.9 Å². The number of piperidine rings is 1. The number of aromatic nitrogens is 2. The third-order valence-corrected chi connectivity index (χ3v) is 5.35.